The number of benzene rings is 2. The van der Waals surface area contributed by atoms with Crippen LogP contribution in [0.1, 0.15) is 20.3 Å². The standard InChI is InChI=1S/C23H24O3S2/c1-22-18-16(20(24-22)27-14-9-5-3-6-10-14)13-17-19(18)23(2,26-22)25-21(17)28-15-11-7-4-8-12-15/h3-12,16-21H,13H2,1-2H3/t16?,17?,18?,19?,20-,21+,22?,23?. The maximum absolute atomic E-state index is 6.55. The topological polar surface area (TPSA) is 27.7 Å². The number of thioether (sulfide) groups is 2. The van der Waals surface area contributed by atoms with Gasteiger partial charge in [0.2, 0.25) is 0 Å². The lowest BCUT2D eigenvalue weighted by Crippen LogP contribution is -2.36. The van der Waals surface area contributed by atoms with Crippen molar-refractivity contribution in [1.29, 1.82) is 0 Å². The van der Waals surface area contributed by atoms with Gasteiger partial charge in [-0.1, -0.05) is 59.9 Å². The molecule has 5 heteroatoms. The Morgan fingerprint density at radius 3 is 1.57 bits per heavy atom. The minimum atomic E-state index is -0.534. The highest BCUT2D eigenvalue weighted by Gasteiger charge is 2.76. The Morgan fingerprint density at radius 2 is 1.14 bits per heavy atom. The number of rotatable bonds is 4. The zero-order chi connectivity index (χ0) is 18.9. The molecule has 6 unspecified atom stereocenters. The lowest BCUT2D eigenvalue weighted by molar-refractivity contribution is -0.299. The van der Waals surface area contributed by atoms with Gasteiger partial charge in [0.05, 0.1) is 0 Å². The Bertz CT molecular complexity index is 806. The largest absolute Gasteiger partial charge is 0.335 e. The fourth-order valence-electron chi connectivity index (χ4n) is 6.00. The first-order valence-corrected chi connectivity index (χ1v) is 11.8. The van der Waals surface area contributed by atoms with Crippen LogP contribution in [0.25, 0.3) is 0 Å². The molecule has 1 saturated carbocycles. The molecule has 0 bridgehead atoms. The predicted octanol–water partition coefficient (Wildman–Crippen LogP) is 5.61. The molecule has 146 valence electrons. The summed E-state index contributed by atoms with van der Waals surface area (Å²) in [5, 5.41) is 0. The number of hydrogen-bond acceptors (Lipinski definition) is 5. The first kappa shape index (κ1) is 17.8. The van der Waals surface area contributed by atoms with Gasteiger partial charge in [-0.15, -0.1) is 0 Å². The zero-order valence-electron chi connectivity index (χ0n) is 16.0. The van der Waals surface area contributed by atoms with E-state index in [1.807, 2.05) is 23.5 Å². The van der Waals surface area contributed by atoms with Crippen LogP contribution < -0.4 is 0 Å². The Hall–Kier alpha value is -0.980. The van der Waals surface area contributed by atoms with Crippen LogP contribution in [0.4, 0.5) is 0 Å². The van der Waals surface area contributed by atoms with Crippen molar-refractivity contribution in [3.8, 4) is 0 Å². The maximum Gasteiger partial charge on any atom is 0.174 e. The highest BCUT2D eigenvalue weighted by Crippen LogP contribution is 2.71. The molecule has 3 saturated heterocycles. The first-order valence-electron chi connectivity index (χ1n) is 10.0. The first-order chi connectivity index (χ1) is 13.6. The van der Waals surface area contributed by atoms with Gasteiger partial charge >= 0.3 is 0 Å². The van der Waals surface area contributed by atoms with Crippen molar-refractivity contribution in [2.24, 2.45) is 23.7 Å². The van der Waals surface area contributed by atoms with Gasteiger partial charge in [-0.05, 0) is 44.5 Å². The summed E-state index contributed by atoms with van der Waals surface area (Å²) >= 11 is 3.69. The van der Waals surface area contributed by atoms with Gasteiger partial charge in [0.1, 0.15) is 10.9 Å². The molecule has 0 radical (unpaired) electrons. The summed E-state index contributed by atoms with van der Waals surface area (Å²) in [7, 11) is 0. The summed E-state index contributed by atoms with van der Waals surface area (Å²) in [4.78, 5) is 2.53. The van der Waals surface area contributed by atoms with Crippen molar-refractivity contribution >= 4 is 23.5 Å². The third kappa shape index (κ3) is 2.56. The van der Waals surface area contributed by atoms with Gasteiger partial charge in [-0.3, -0.25) is 0 Å². The van der Waals surface area contributed by atoms with E-state index in [9.17, 15) is 0 Å². The average molecular weight is 413 g/mol. The molecule has 3 aliphatic heterocycles. The van der Waals surface area contributed by atoms with Crippen molar-refractivity contribution in [3.63, 3.8) is 0 Å². The Morgan fingerprint density at radius 1 is 0.714 bits per heavy atom. The summed E-state index contributed by atoms with van der Waals surface area (Å²) in [6, 6.07) is 21.2. The quantitative estimate of drug-likeness (QED) is 0.650. The second-order valence-corrected chi connectivity index (χ2v) is 10.9. The molecule has 6 rings (SSSR count). The van der Waals surface area contributed by atoms with Crippen LogP contribution in [0.2, 0.25) is 0 Å². The van der Waals surface area contributed by atoms with Gasteiger partial charge in [0, 0.05) is 33.5 Å². The van der Waals surface area contributed by atoms with Crippen molar-refractivity contribution in [2.75, 3.05) is 0 Å². The van der Waals surface area contributed by atoms with E-state index in [0.717, 1.165) is 6.42 Å². The van der Waals surface area contributed by atoms with Crippen LogP contribution in [0.15, 0.2) is 70.5 Å². The Labute approximate surface area is 174 Å². The normalized spacial score (nSPS) is 45.5. The van der Waals surface area contributed by atoms with Crippen LogP contribution >= 0.6 is 23.5 Å². The van der Waals surface area contributed by atoms with Gasteiger partial charge in [-0.2, -0.15) is 0 Å². The van der Waals surface area contributed by atoms with E-state index in [1.54, 1.807) is 0 Å². The summed E-state index contributed by atoms with van der Waals surface area (Å²) in [6.07, 6.45) is 1.15. The molecule has 0 spiro atoms. The van der Waals surface area contributed by atoms with Crippen LogP contribution in [-0.2, 0) is 14.2 Å². The molecule has 4 fully saturated rings. The highest BCUT2D eigenvalue weighted by molar-refractivity contribution is 8.00. The summed E-state index contributed by atoms with van der Waals surface area (Å²) < 4.78 is 19.6. The maximum atomic E-state index is 6.55. The number of hydrogen-bond donors (Lipinski definition) is 0. The lowest BCUT2D eigenvalue weighted by atomic mass is 9.83. The van der Waals surface area contributed by atoms with Crippen LogP contribution in [0.5, 0.6) is 0 Å². The van der Waals surface area contributed by atoms with E-state index in [1.165, 1.54) is 9.79 Å². The molecule has 8 atom stereocenters. The molecule has 2 aromatic rings. The Balaban J connectivity index is 1.28. The van der Waals surface area contributed by atoms with E-state index < -0.39 is 11.6 Å². The van der Waals surface area contributed by atoms with E-state index in [4.69, 9.17) is 14.2 Å². The summed E-state index contributed by atoms with van der Waals surface area (Å²) in [6.45, 7) is 4.26. The highest BCUT2D eigenvalue weighted by atomic mass is 32.2. The van der Waals surface area contributed by atoms with E-state index >= 15 is 0 Å². The van der Waals surface area contributed by atoms with Gasteiger partial charge < -0.3 is 14.2 Å². The molecule has 3 heterocycles. The van der Waals surface area contributed by atoms with E-state index in [0.29, 0.717) is 23.7 Å². The van der Waals surface area contributed by atoms with Gasteiger partial charge in [0.15, 0.2) is 11.6 Å². The van der Waals surface area contributed by atoms with Gasteiger partial charge in [0.25, 0.3) is 0 Å². The monoisotopic (exact) mass is 412 g/mol. The minimum absolute atomic E-state index is 0.148. The lowest BCUT2D eigenvalue weighted by Gasteiger charge is -2.30. The van der Waals surface area contributed by atoms with Gasteiger partial charge in [-0.25, -0.2) is 0 Å². The fraction of sp³-hybridized carbons (Fsp3) is 0.478. The third-order valence-corrected chi connectivity index (χ3v) is 9.31. The Kier molecular flexibility index (Phi) is 3.99. The second-order valence-electron chi connectivity index (χ2n) is 8.58. The van der Waals surface area contributed by atoms with Crippen LogP contribution in [-0.4, -0.2) is 22.4 Å². The average Bonchev–Trinajstić information content (AvgIpc) is 3.34. The molecule has 28 heavy (non-hydrogen) atoms. The molecule has 4 aliphatic rings. The van der Waals surface area contributed by atoms with Crippen molar-refractivity contribution in [2.45, 2.75) is 52.5 Å². The molecule has 3 nitrogen and oxygen atoms in total. The fourth-order valence-corrected chi connectivity index (χ4v) is 8.55. The molecule has 2 aromatic carbocycles. The van der Waals surface area contributed by atoms with Crippen LogP contribution in [0.3, 0.4) is 0 Å². The second kappa shape index (κ2) is 6.26. The molecule has 1 aliphatic carbocycles. The number of ether oxygens (including phenoxy) is 3. The van der Waals surface area contributed by atoms with Crippen molar-refractivity contribution in [3.05, 3.63) is 60.7 Å². The smallest absolute Gasteiger partial charge is 0.174 e. The van der Waals surface area contributed by atoms with Crippen LogP contribution in [0, 0.1) is 23.7 Å². The molecule has 0 amide bonds. The minimum Gasteiger partial charge on any atom is -0.335 e. The molecular formula is C23H24O3S2. The predicted molar refractivity (Wildman–Crippen MR) is 111 cm³/mol. The molecule has 0 N–H and O–H groups in total. The summed E-state index contributed by atoms with van der Waals surface area (Å²) in [5.74, 6) is 0.765. The SMILES string of the molecule is CC12O[C@H](Sc3ccccc3)C3CC4C(C31)C(C)(O[C@H]4Sc1ccccc1)O2. The zero-order valence-corrected chi connectivity index (χ0v) is 17.6. The van der Waals surface area contributed by atoms with Crippen molar-refractivity contribution in [1.82, 2.24) is 0 Å². The molecular weight excluding hydrogens is 388 g/mol. The van der Waals surface area contributed by atoms with Crippen molar-refractivity contribution < 1.29 is 14.2 Å². The molecule has 0 aromatic heterocycles. The van der Waals surface area contributed by atoms with E-state index in [2.05, 4.69) is 74.5 Å². The summed E-state index contributed by atoms with van der Waals surface area (Å²) in [5.41, 5.74) is 0.296. The third-order valence-electron chi connectivity index (χ3n) is 6.86. The van der Waals surface area contributed by atoms with E-state index in [-0.39, 0.29) is 10.9 Å².